The van der Waals surface area contributed by atoms with Gasteiger partial charge in [0.15, 0.2) is 5.13 Å². The SMILES string of the molecule is O=C(c1cc(Cl)ccc1Cl)N(CCn1cccn1)c1nc2c(F)cccc2s1. The van der Waals surface area contributed by atoms with Gasteiger partial charge in [-0.25, -0.2) is 9.37 Å². The summed E-state index contributed by atoms with van der Waals surface area (Å²) in [6.45, 7) is 0.722. The van der Waals surface area contributed by atoms with Gasteiger partial charge in [-0.05, 0) is 36.4 Å². The highest BCUT2D eigenvalue weighted by Crippen LogP contribution is 2.32. The molecule has 0 aliphatic carbocycles. The van der Waals surface area contributed by atoms with Crippen LogP contribution < -0.4 is 4.90 Å². The fraction of sp³-hybridized carbons (Fsp3) is 0.105. The van der Waals surface area contributed by atoms with E-state index in [9.17, 15) is 9.18 Å². The van der Waals surface area contributed by atoms with Gasteiger partial charge in [-0.3, -0.25) is 14.4 Å². The molecule has 0 atom stereocenters. The Morgan fingerprint density at radius 1 is 1.21 bits per heavy atom. The summed E-state index contributed by atoms with van der Waals surface area (Å²) >= 11 is 13.5. The molecule has 4 aromatic rings. The number of fused-ring (bicyclic) bond motifs is 1. The van der Waals surface area contributed by atoms with Crippen LogP contribution in [0.15, 0.2) is 54.9 Å². The van der Waals surface area contributed by atoms with Crippen molar-refractivity contribution in [2.24, 2.45) is 0 Å². The number of carbonyl (C=O) groups is 1. The van der Waals surface area contributed by atoms with Crippen molar-refractivity contribution in [2.75, 3.05) is 11.4 Å². The molecule has 2 aromatic carbocycles. The molecule has 0 spiro atoms. The van der Waals surface area contributed by atoms with Crippen molar-refractivity contribution < 1.29 is 9.18 Å². The Morgan fingerprint density at radius 3 is 2.82 bits per heavy atom. The number of rotatable bonds is 5. The first-order valence-corrected chi connectivity index (χ1v) is 9.89. The van der Waals surface area contributed by atoms with Gasteiger partial charge in [-0.1, -0.05) is 40.6 Å². The number of hydrogen-bond donors (Lipinski definition) is 0. The van der Waals surface area contributed by atoms with Crippen LogP contribution in [0.3, 0.4) is 0 Å². The van der Waals surface area contributed by atoms with Crippen molar-refractivity contribution in [3.05, 3.63) is 76.3 Å². The van der Waals surface area contributed by atoms with Gasteiger partial charge in [0.1, 0.15) is 11.3 Å². The minimum Gasteiger partial charge on any atom is -0.282 e. The second-order valence-electron chi connectivity index (χ2n) is 5.93. The van der Waals surface area contributed by atoms with Gasteiger partial charge in [0.05, 0.1) is 21.8 Å². The predicted molar refractivity (Wildman–Crippen MR) is 110 cm³/mol. The maximum atomic E-state index is 14.1. The van der Waals surface area contributed by atoms with Crippen molar-refractivity contribution in [3.63, 3.8) is 0 Å². The van der Waals surface area contributed by atoms with Crippen LogP contribution in [0.1, 0.15) is 10.4 Å². The van der Waals surface area contributed by atoms with Gasteiger partial charge < -0.3 is 0 Å². The highest BCUT2D eigenvalue weighted by Gasteiger charge is 2.24. The number of aromatic nitrogens is 3. The lowest BCUT2D eigenvalue weighted by atomic mass is 10.2. The highest BCUT2D eigenvalue weighted by molar-refractivity contribution is 7.22. The fourth-order valence-electron chi connectivity index (χ4n) is 2.74. The summed E-state index contributed by atoms with van der Waals surface area (Å²) in [5.74, 6) is -0.792. The van der Waals surface area contributed by atoms with Gasteiger partial charge in [-0.15, -0.1) is 0 Å². The smallest absolute Gasteiger partial charge is 0.261 e. The third kappa shape index (κ3) is 3.73. The minimum absolute atomic E-state index is 0.233. The van der Waals surface area contributed by atoms with Gasteiger partial charge >= 0.3 is 0 Å². The summed E-state index contributed by atoms with van der Waals surface area (Å²) in [7, 11) is 0. The first kappa shape index (κ1) is 18.9. The Balaban J connectivity index is 1.75. The Bertz CT molecular complexity index is 1150. The van der Waals surface area contributed by atoms with Gasteiger partial charge in [0.2, 0.25) is 0 Å². The second kappa shape index (κ2) is 7.87. The molecule has 4 rings (SSSR count). The van der Waals surface area contributed by atoms with Crippen molar-refractivity contribution >= 4 is 55.8 Å². The van der Waals surface area contributed by atoms with Gasteiger partial charge in [0, 0.05) is 24.0 Å². The van der Waals surface area contributed by atoms with Gasteiger partial charge in [-0.2, -0.15) is 5.10 Å². The third-order valence-corrected chi connectivity index (χ3v) is 5.71. The van der Waals surface area contributed by atoms with E-state index in [2.05, 4.69) is 10.1 Å². The first-order chi connectivity index (χ1) is 13.5. The molecule has 0 bridgehead atoms. The Hall–Kier alpha value is -2.48. The second-order valence-corrected chi connectivity index (χ2v) is 7.79. The number of benzene rings is 2. The van der Waals surface area contributed by atoms with Crippen LogP contribution in [0.4, 0.5) is 9.52 Å². The van der Waals surface area contributed by atoms with Crippen LogP contribution in [0, 0.1) is 5.82 Å². The average Bonchev–Trinajstić information content (AvgIpc) is 3.34. The Labute approximate surface area is 173 Å². The predicted octanol–water partition coefficient (Wildman–Crippen LogP) is 5.29. The molecular weight excluding hydrogens is 422 g/mol. The lowest BCUT2D eigenvalue weighted by molar-refractivity contribution is 0.0986. The van der Waals surface area contributed by atoms with Crippen LogP contribution in [0.2, 0.25) is 10.0 Å². The summed E-state index contributed by atoms with van der Waals surface area (Å²) in [5, 5.41) is 5.22. The van der Waals surface area contributed by atoms with E-state index in [-0.39, 0.29) is 28.6 Å². The van der Waals surface area contributed by atoms with Crippen LogP contribution >= 0.6 is 34.5 Å². The van der Waals surface area contributed by atoms with E-state index in [1.807, 2.05) is 0 Å². The monoisotopic (exact) mass is 434 g/mol. The molecule has 0 saturated carbocycles. The largest absolute Gasteiger partial charge is 0.282 e. The molecule has 0 unspecified atom stereocenters. The summed E-state index contributed by atoms with van der Waals surface area (Å²) < 4.78 is 16.5. The zero-order valence-corrected chi connectivity index (χ0v) is 16.7. The summed E-state index contributed by atoms with van der Waals surface area (Å²) in [6, 6.07) is 11.2. The molecule has 0 saturated heterocycles. The molecule has 2 aromatic heterocycles. The van der Waals surface area contributed by atoms with E-state index in [1.54, 1.807) is 47.4 Å². The van der Waals surface area contributed by atoms with Crippen molar-refractivity contribution in [3.8, 4) is 0 Å². The zero-order chi connectivity index (χ0) is 19.7. The lowest BCUT2D eigenvalue weighted by Gasteiger charge is -2.20. The fourth-order valence-corrected chi connectivity index (χ4v) is 4.12. The quantitative estimate of drug-likeness (QED) is 0.428. The molecule has 5 nitrogen and oxygen atoms in total. The molecule has 0 fully saturated rings. The number of halogens is 3. The van der Waals surface area contributed by atoms with E-state index in [4.69, 9.17) is 23.2 Å². The maximum absolute atomic E-state index is 14.1. The van der Waals surface area contributed by atoms with Crippen molar-refractivity contribution in [1.82, 2.24) is 14.8 Å². The van der Waals surface area contributed by atoms with Crippen LogP contribution in [-0.2, 0) is 6.54 Å². The van der Waals surface area contributed by atoms with Crippen LogP contribution in [0.25, 0.3) is 10.2 Å². The minimum atomic E-state index is -0.430. The number of para-hydroxylation sites is 1. The van der Waals surface area contributed by atoms with E-state index in [0.717, 1.165) is 0 Å². The first-order valence-electron chi connectivity index (χ1n) is 8.32. The van der Waals surface area contributed by atoms with E-state index in [1.165, 1.54) is 28.4 Å². The molecule has 0 N–H and O–H groups in total. The van der Waals surface area contributed by atoms with Crippen molar-refractivity contribution in [1.29, 1.82) is 0 Å². The maximum Gasteiger partial charge on any atom is 0.261 e. The molecule has 142 valence electrons. The summed E-state index contributed by atoms with van der Waals surface area (Å²) in [5.41, 5.74) is 0.492. The standard InChI is InChI=1S/C19H13Cl2FN4OS/c20-12-5-6-14(21)13(11-12)18(27)26(10-9-25-8-2-7-23-25)19-24-17-15(22)3-1-4-16(17)28-19/h1-8,11H,9-10H2. The number of carbonyl (C=O) groups excluding carboxylic acids is 1. The molecule has 0 radical (unpaired) electrons. The van der Waals surface area contributed by atoms with Crippen LogP contribution in [-0.4, -0.2) is 27.2 Å². The summed E-state index contributed by atoms with van der Waals surface area (Å²) in [6.07, 6.45) is 3.46. The molecule has 0 aliphatic heterocycles. The Kier molecular flexibility index (Phi) is 5.30. The number of nitrogens with zero attached hydrogens (tertiary/aromatic N) is 4. The lowest BCUT2D eigenvalue weighted by Crippen LogP contribution is -2.34. The molecule has 28 heavy (non-hydrogen) atoms. The molecular formula is C19H13Cl2FN4OS. The molecule has 9 heteroatoms. The molecule has 2 heterocycles. The number of hydrogen-bond acceptors (Lipinski definition) is 4. The van der Waals surface area contributed by atoms with Gasteiger partial charge in [0.25, 0.3) is 5.91 Å². The highest BCUT2D eigenvalue weighted by atomic mass is 35.5. The van der Waals surface area contributed by atoms with E-state index < -0.39 is 5.82 Å². The topological polar surface area (TPSA) is 51.0 Å². The van der Waals surface area contributed by atoms with E-state index >= 15 is 0 Å². The average molecular weight is 435 g/mol. The third-order valence-electron chi connectivity index (χ3n) is 4.11. The molecule has 1 amide bonds. The molecule has 0 aliphatic rings. The summed E-state index contributed by atoms with van der Waals surface area (Å²) in [4.78, 5) is 19.1. The number of thiazole rings is 1. The number of anilines is 1. The van der Waals surface area contributed by atoms with Crippen LogP contribution in [0.5, 0.6) is 0 Å². The normalized spacial score (nSPS) is 11.1. The number of amides is 1. The Morgan fingerprint density at radius 2 is 2.07 bits per heavy atom. The van der Waals surface area contributed by atoms with Crippen molar-refractivity contribution in [2.45, 2.75) is 6.54 Å². The zero-order valence-electron chi connectivity index (χ0n) is 14.3. The van der Waals surface area contributed by atoms with E-state index in [0.29, 0.717) is 21.4 Å².